The molecular formula is C15H26. The smallest absolute Gasteiger partial charge is 0.0323 e. The number of rotatable bonds is 0. The predicted molar refractivity (Wildman–Crippen MR) is 69.1 cm³/mol. The lowest BCUT2D eigenvalue weighted by molar-refractivity contribution is 0.638. The van der Waals surface area contributed by atoms with Crippen LogP contribution in [-0.4, -0.2) is 0 Å². The lowest BCUT2D eigenvalue weighted by Gasteiger charge is -2.05. The highest BCUT2D eigenvalue weighted by Crippen LogP contribution is 2.15. The first-order valence-electron chi connectivity index (χ1n) is 6.70. The van der Waals surface area contributed by atoms with Crippen LogP contribution in [0.15, 0.2) is 23.8 Å². The quantitative estimate of drug-likeness (QED) is 0.465. The van der Waals surface area contributed by atoms with Gasteiger partial charge < -0.3 is 0 Å². The molecule has 0 aromatic heterocycles. The molecule has 2 aliphatic rings. The highest BCUT2D eigenvalue weighted by atomic mass is 14.0. The zero-order chi connectivity index (χ0) is 10.8. The van der Waals surface area contributed by atoms with E-state index in [9.17, 15) is 0 Å². The molecule has 15 heavy (non-hydrogen) atoms. The fourth-order valence-electron chi connectivity index (χ4n) is 2.11. The lowest BCUT2D eigenvalue weighted by Crippen LogP contribution is -1.85. The van der Waals surface area contributed by atoms with Gasteiger partial charge in [0, 0.05) is 0 Å². The van der Waals surface area contributed by atoms with Gasteiger partial charge >= 0.3 is 0 Å². The highest BCUT2D eigenvalue weighted by Gasteiger charge is 1.95. The van der Waals surface area contributed by atoms with Gasteiger partial charge in [-0.25, -0.2) is 0 Å². The molecule has 0 bridgehead atoms. The van der Waals surface area contributed by atoms with Crippen molar-refractivity contribution >= 4 is 0 Å². The molecule has 0 nitrogen and oxygen atoms in total. The minimum atomic E-state index is 1.32. The maximum absolute atomic E-state index is 2.35. The van der Waals surface area contributed by atoms with Crippen LogP contribution in [0.3, 0.4) is 0 Å². The van der Waals surface area contributed by atoms with Gasteiger partial charge in [-0.1, -0.05) is 36.6 Å². The van der Waals surface area contributed by atoms with Gasteiger partial charge in [-0.15, -0.1) is 0 Å². The fourth-order valence-corrected chi connectivity index (χ4v) is 2.11. The summed E-state index contributed by atoms with van der Waals surface area (Å²) in [7, 11) is 0. The second-order valence-electron chi connectivity index (χ2n) is 4.76. The standard InChI is InChI=1S/C8H14.C7H12/c1-2-4-6-8-7-5-3-1;1-7-5-3-2-4-6-7/h1-2H,3-8H2;5H,2-4,6H2,1H3. The van der Waals surface area contributed by atoms with Crippen molar-refractivity contribution in [2.24, 2.45) is 0 Å². The molecule has 0 radical (unpaired) electrons. The van der Waals surface area contributed by atoms with Crippen molar-refractivity contribution in [2.75, 3.05) is 0 Å². The van der Waals surface area contributed by atoms with Gasteiger partial charge in [-0.2, -0.15) is 0 Å². The van der Waals surface area contributed by atoms with Crippen LogP contribution in [0.5, 0.6) is 0 Å². The van der Waals surface area contributed by atoms with Crippen LogP contribution in [0.1, 0.15) is 71.1 Å². The summed E-state index contributed by atoms with van der Waals surface area (Å²) >= 11 is 0. The minimum absolute atomic E-state index is 1.32. The van der Waals surface area contributed by atoms with Crippen LogP contribution in [0.2, 0.25) is 0 Å². The molecule has 86 valence electrons. The third-order valence-electron chi connectivity index (χ3n) is 3.18. The van der Waals surface area contributed by atoms with Crippen LogP contribution < -0.4 is 0 Å². The summed E-state index contributed by atoms with van der Waals surface area (Å²) in [6, 6.07) is 0. The topological polar surface area (TPSA) is 0 Å². The molecular weight excluding hydrogens is 180 g/mol. The Bertz CT molecular complexity index is 188. The summed E-state index contributed by atoms with van der Waals surface area (Å²) in [6.07, 6.45) is 20.9. The average molecular weight is 206 g/mol. The van der Waals surface area contributed by atoms with Gasteiger partial charge in [0.25, 0.3) is 0 Å². The molecule has 0 heteroatoms. The molecule has 0 spiro atoms. The van der Waals surface area contributed by atoms with Crippen molar-refractivity contribution in [3.05, 3.63) is 23.8 Å². The van der Waals surface area contributed by atoms with Gasteiger partial charge in [0.15, 0.2) is 0 Å². The molecule has 0 unspecified atom stereocenters. The van der Waals surface area contributed by atoms with Crippen molar-refractivity contribution < 1.29 is 0 Å². The Kier molecular flexibility index (Phi) is 7.33. The van der Waals surface area contributed by atoms with E-state index < -0.39 is 0 Å². The first kappa shape index (κ1) is 12.5. The summed E-state index contributed by atoms with van der Waals surface area (Å²) in [5.74, 6) is 0. The van der Waals surface area contributed by atoms with Crippen molar-refractivity contribution in [1.29, 1.82) is 0 Å². The van der Waals surface area contributed by atoms with E-state index in [0.717, 1.165) is 0 Å². The van der Waals surface area contributed by atoms with Gasteiger partial charge in [0.05, 0.1) is 0 Å². The lowest BCUT2D eigenvalue weighted by atomic mass is 10.0. The fraction of sp³-hybridized carbons (Fsp3) is 0.733. The van der Waals surface area contributed by atoms with E-state index in [1.807, 2.05) is 0 Å². The van der Waals surface area contributed by atoms with Gasteiger partial charge in [0.1, 0.15) is 0 Å². The van der Waals surface area contributed by atoms with Crippen molar-refractivity contribution in [1.82, 2.24) is 0 Å². The van der Waals surface area contributed by atoms with Crippen LogP contribution in [0.25, 0.3) is 0 Å². The summed E-state index contributed by atoms with van der Waals surface area (Å²) < 4.78 is 0. The molecule has 0 saturated carbocycles. The average Bonchev–Trinajstić information content (AvgIpc) is 2.18. The summed E-state index contributed by atoms with van der Waals surface area (Å²) in [5, 5.41) is 0. The predicted octanol–water partition coefficient (Wildman–Crippen LogP) is 5.40. The maximum atomic E-state index is 2.35. The molecule has 0 aliphatic heterocycles. The zero-order valence-corrected chi connectivity index (χ0v) is 10.3. The van der Waals surface area contributed by atoms with Crippen LogP contribution >= 0.6 is 0 Å². The van der Waals surface area contributed by atoms with Crippen LogP contribution in [0, 0.1) is 0 Å². The van der Waals surface area contributed by atoms with Crippen molar-refractivity contribution in [3.8, 4) is 0 Å². The Hall–Kier alpha value is -0.520. The van der Waals surface area contributed by atoms with Gasteiger partial charge in [-0.3, -0.25) is 0 Å². The summed E-state index contributed by atoms with van der Waals surface area (Å²) in [5.41, 5.74) is 1.59. The highest BCUT2D eigenvalue weighted by molar-refractivity contribution is 5.00. The molecule has 0 amide bonds. The van der Waals surface area contributed by atoms with Crippen molar-refractivity contribution in [2.45, 2.75) is 71.1 Å². The Morgan fingerprint density at radius 2 is 1.33 bits per heavy atom. The molecule has 0 aromatic carbocycles. The van der Waals surface area contributed by atoms with Crippen LogP contribution in [0.4, 0.5) is 0 Å². The van der Waals surface area contributed by atoms with Crippen LogP contribution in [-0.2, 0) is 0 Å². The summed E-state index contributed by atoms with van der Waals surface area (Å²) in [4.78, 5) is 0. The molecule has 0 saturated heterocycles. The Labute approximate surface area is 95.5 Å². The van der Waals surface area contributed by atoms with E-state index in [0.29, 0.717) is 0 Å². The van der Waals surface area contributed by atoms with E-state index in [2.05, 4.69) is 25.2 Å². The van der Waals surface area contributed by atoms with E-state index in [1.54, 1.807) is 5.57 Å². The summed E-state index contributed by atoms with van der Waals surface area (Å²) in [6.45, 7) is 2.22. The number of hydrogen-bond acceptors (Lipinski definition) is 0. The normalized spacial score (nSPS) is 21.8. The second-order valence-corrected chi connectivity index (χ2v) is 4.76. The van der Waals surface area contributed by atoms with E-state index in [4.69, 9.17) is 0 Å². The molecule has 2 rings (SSSR count). The van der Waals surface area contributed by atoms with Crippen molar-refractivity contribution in [3.63, 3.8) is 0 Å². The minimum Gasteiger partial charge on any atom is -0.0885 e. The number of allylic oxidation sites excluding steroid dienone is 4. The molecule has 0 aromatic rings. The SMILES string of the molecule is C1=CCCCCCC1.CC1=CCCCC1. The third kappa shape index (κ3) is 7.41. The van der Waals surface area contributed by atoms with Gasteiger partial charge in [0.2, 0.25) is 0 Å². The monoisotopic (exact) mass is 206 g/mol. The third-order valence-corrected chi connectivity index (χ3v) is 3.18. The molecule has 0 atom stereocenters. The molecule has 0 N–H and O–H groups in total. The largest absolute Gasteiger partial charge is 0.0885 e. The Morgan fingerprint density at radius 1 is 0.733 bits per heavy atom. The zero-order valence-electron chi connectivity index (χ0n) is 10.3. The van der Waals surface area contributed by atoms with E-state index in [1.165, 1.54) is 64.2 Å². The molecule has 0 fully saturated rings. The first-order valence-corrected chi connectivity index (χ1v) is 6.70. The number of hydrogen-bond donors (Lipinski definition) is 0. The Morgan fingerprint density at radius 3 is 1.73 bits per heavy atom. The van der Waals surface area contributed by atoms with E-state index in [-0.39, 0.29) is 0 Å². The molecule has 0 heterocycles. The maximum Gasteiger partial charge on any atom is -0.0323 e. The van der Waals surface area contributed by atoms with Gasteiger partial charge in [-0.05, 0) is 58.3 Å². The molecule has 2 aliphatic carbocycles. The first-order chi connectivity index (χ1) is 7.39. The van der Waals surface area contributed by atoms with E-state index >= 15 is 0 Å². The Balaban J connectivity index is 0.000000151. The second kappa shape index (κ2) is 8.76.